The Hall–Kier alpha value is -3.00. The summed E-state index contributed by atoms with van der Waals surface area (Å²) in [6.45, 7) is 23.8. The molecular weight excluding hydrogens is 636 g/mol. The van der Waals surface area contributed by atoms with Gasteiger partial charge in [0.25, 0.3) is 0 Å². The van der Waals surface area contributed by atoms with Gasteiger partial charge in [0.1, 0.15) is 6.04 Å². The lowest BCUT2D eigenvalue weighted by atomic mass is 9.40. The average Bonchev–Trinajstić information content (AvgIpc) is 3.71. The monoisotopic (exact) mass is 694 g/mol. The van der Waals surface area contributed by atoms with Crippen LogP contribution in [0.3, 0.4) is 0 Å². The molecule has 4 aliphatic carbocycles. The van der Waals surface area contributed by atoms with Crippen molar-refractivity contribution in [3.63, 3.8) is 0 Å². The normalized spacial score (nSPS) is 38.9. The predicted octanol–water partition coefficient (Wildman–Crippen LogP) is 7.92. The molecule has 0 bridgehead atoms. The van der Waals surface area contributed by atoms with Crippen molar-refractivity contribution >= 4 is 28.2 Å². The van der Waals surface area contributed by atoms with Crippen molar-refractivity contribution in [2.45, 2.75) is 136 Å². The maximum absolute atomic E-state index is 14.9. The Morgan fingerprint density at radius 3 is 2.51 bits per heavy atom. The summed E-state index contributed by atoms with van der Waals surface area (Å²) in [5, 5.41) is 27.8. The number of hydrogen-bond donors (Lipinski definition) is 3. The Balaban J connectivity index is 1.33. The quantitative estimate of drug-likeness (QED) is 0.276. The highest BCUT2D eigenvalue weighted by Crippen LogP contribution is 2.71. The van der Waals surface area contributed by atoms with Crippen LogP contribution in [0.4, 0.5) is 0 Å². The third kappa shape index (κ3) is 4.29. The van der Waals surface area contributed by atoms with Crippen molar-refractivity contribution in [2.75, 3.05) is 7.05 Å². The van der Waals surface area contributed by atoms with Crippen molar-refractivity contribution in [3.05, 3.63) is 64.4 Å². The van der Waals surface area contributed by atoms with Gasteiger partial charge in [-0.05, 0) is 119 Å². The second kappa shape index (κ2) is 10.8. The molecule has 1 amide bonds. The molecule has 3 N–H and O–H groups in total. The van der Waals surface area contributed by atoms with Crippen LogP contribution in [0, 0.1) is 34.5 Å². The van der Waals surface area contributed by atoms with Crippen LogP contribution in [0.15, 0.2) is 36.4 Å². The number of nitrogens with zero attached hydrogens (tertiary/aromatic N) is 1. The molecule has 0 saturated heterocycles. The van der Waals surface area contributed by atoms with Crippen LogP contribution in [0.1, 0.15) is 139 Å². The van der Waals surface area contributed by atoms with Crippen LogP contribution in [0.25, 0.3) is 16.5 Å². The number of aliphatic hydroxyl groups is 2. The number of rotatable bonds is 5. The highest BCUT2D eigenvalue weighted by atomic mass is 16.5. The first kappa shape index (κ1) is 35.1. The minimum absolute atomic E-state index is 0.0271. The molecule has 2 saturated carbocycles. The summed E-state index contributed by atoms with van der Waals surface area (Å²) in [6, 6.07) is 1.80. The van der Waals surface area contributed by atoms with Crippen molar-refractivity contribution in [2.24, 2.45) is 34.5 Å². The third-order valence-electron chi connectivity index (χ3n) is 15.3. The smallest absolute Gasteiger partial charge is 0.222 e. The van der Waals surface area contributed by atoms with Gasteiger partial charge >= 0.3 is 0 Å². The number of fused-ring (bicyclic) bond motifs is 11. The van der Waals surface area contributed by atoms with Gasteiger partial charge in [-0.25, -0.2) is 0 Å². The number of aromatic nitrogens is 1. The van der Waals surface area contributed by atoms with Gasteiger partial charge in [0, 0.05) is 46.4 Å². The van der Waals surface area contributed by atoms with E-state index in [1.54, 1.807) is 7.05 Å². The zero-order chi connectivity index (χ0) is 37.0. The average molecular weight is 695 g/mol. The third-order valence-corrected chi connectivity index (χ3v) is 15.3. The van der Waals surface area contributed by atoms with Crippen LogP contribution < -0.4 is 5.32 Å². The number of nitrogens with one attached hydrogen (secondary N) is 1. The molecule has 3 heterocycles. The van der Waals surface area contributed by atoms with Gasteiger partial charge in [0.15, 0.2) is 5.78 Å². The number of ether oxygens (including phenoxy) is 1. The second-order valence-corrected chi connectivity index (χ2v) is 19.0. The lowest BCUT2D eigenvalue weighted by Crippen LogP contribution is -2.62. The van der Waals surface area contributed by atoms with Crippen molar-refractivity contribution < 1.29 is 24.5 Å². The van der Waals surface area contributed by atoms with E-state index in [9.17, 15) is 19.8 Å². The standard InChI is InChI=1S/C44H58N2O5/c1-22(2)34-37(49)32-31-25(28-21-40(4,5)51-41(6,7)33(28)36(31)48)20-26-27-19-24-14-15-29-42(8,17-12-13-23(3)39(50)45-11)30(47)16-18-43(29,9)44(24,10)38(27)46(34)35(26)32/h12,17,20-21,23-24,29-30,33-34,36,47-48H,1,13-16,18-19H2,2-11H3,(H,45,50)/b17-12+/t23?,24-,29-,30-,33+,34-,36+,42-,43-,44+/m0/s1. The largest absolute Gasteiger partial charge is 0.392 e. The molecule has 0 spiro atoms. The van der Waals surface area contributed by atoms with E-state index in [-0.39, 0.29) is 40.3 Å². The van der Waals surface area contributed by atoms with Gasteiger partial charge in [0.2, 0.25) is 5.91 Å². The summed E-state index contributed by atoms with van der Waals surface area (Å²) in [7, 11) is 1.68. The minimum atomic E-state index is -0.846. The Morgan fingerprint density at radius 2 is 1.84 bits per heavy atom. The predicted molar refractivity (Wildman–Crippen MR) is 202 cm³/mol. The first-order valence-corrected chi connectivity index (χ1v) is 19.4. The zero-order valence-electron chi connectivity index (χ0n) is 32.4. The summed E-state index contributed by atoms with van der Waals surface area (Å²) in [6.07, 6.45) is 10.5. The molecule has 2 fully saturated rings. The van der Waals surface area contributed by atoms with Gasteiger partial charge in [-0.3, -0.25) is 9.59 Å². The topological polar surface area (TPSA) is 101 Å². The van der Waals surface area contributed by atoms with Gasteiger partial charge < -0.3 is 24.8 Å². The summed E-state index contributed by atoms with van der Waals surface area (Å²) >= 11 is 0. The first-order valence-electron chi connectivity index (χ1n) is 19.4. The number of carbonyl (C=O) groups excluding carboxylic acids is 2. The lowest BCUT2D eigenvalue weighted by Gasteiger charge is -2.64. The molecule has 2 aromatic rings. The molecule has 2 aliphatic heterocycles. The van der Waals surface area contributed by atoms with E-state index in [2.05, 4.69) is 89.2 Å². The summed E-state index contributed by atoms with van der Waals surface area (Å²) < 4.78 is 8.91. The van der Waals surface area contributed by atoms with E-state index in [1.165, 1.54) is 11.3 Å². The fourth-order valence-corrected chi connectivity index (χ4v) is 13.0. The number of amides is 1. The molecule has 6 aliphatic rings. The molecule has 274 valence electrons. The maximum atomic E-state index is 14.9. The number of allylic oxidation sites excluding steroid dienone is 2. The van der Waals surface area contributed by atoms with E-state index in [4.69, 9.17) is 4.74 Å². The molecule has 8 rings (SSSR count). The number of carbonyl (C=O) groups is 2. The Labute approximate surface area is 303 Å². The highest BCUT2D eigenvalue weighted by Gasteiger charge is 2.67. The second-order valence-electron chi connectivity index (χ2n) is 19.0. The van der Waals surface area contributed by atoms with E-state index >= 15 is 0 Å². The number of hydrogen-bond acceptors (Lipinski definition) is 5. The van der Waals surface area contributed by atoms with E-state index in [0.29, 0.717) is 24.3 Å². The van der Waals surface area contributed by atoms with Crippen molar-refractivity contribution in [1.82, 2.24) is 9.88 Å². The lowest BCUT2D eigenvalue weighted by molar-refractivity contribution is -0.145. The highest BCUT2D eigenvalue weighted by molar-refractivity contribution is 6.18. The summed E-state index contributed by atoms with van der Waals surface area (Å²) in [5.74, 6) is 0.285. The van der Waals surface area contributed by atoms with Crippen LogP contribution in [-0.4, -0.2) is 50.8 Å². The number of Topliss-reactive ketones (excluding diaryl/α,β-unsaturated/α-hetero) is 1. The molecule has 7 heteroatoms. The van der Waals surface area contributed by atoms with Gasteiger partial charge in [-0.2, -0.15) is 0 Å². The van der Waals surface area contributed by atoms with Gasteiger partial charge in [0.05, 0.1) is 34.5 Å². The Morgan fingerprint density at radius 1 is 1.14 bits per heavy atom. The molecule has 10 atom stereocenters. The van der Waals surface area contributed by atoms with Gasteiger partial charge in [-0.15, -0.1) is 0 Å². The van der Waals surface area contributed by atoms with Crippen LogP contribution in [0.2, 0.25) is 0 Å². The molecule has 1 aromatic heterocycles. The first-order chi connectivity index (χ1) is 23.7. The number of benzene rings is 1. The van der Waals surface area contributed by atoms with E-state index in [1.807, 2.05) is 13.8 Å². The molecule has 7 nitrogen and oxygen atoms in total. The SMILES string of the molecule is C=C(C)[C@H]1C(=O)c2c3c(cc4c5c(n1c24)[C@@]1(C)[C@@H](CC[C@H]2[C@](C)(/C=C/CC(C)C(=O)NC)[C@@H](O)CC[C@@]21C)C5)C1=CC(C)(C)OC(C)(C)[C@H]1[C@@H]3O. The van der Waals surface area contributed by atoms with Crippen molar-refractivity contribution in [1.29, 1.82) is 0 Å². The zero-order valence-corrected chi connectivity index (χ0v) is 32.4. The van der Waals surface area contributed by atoms with Crippen LogP contribution >= 0.6 is 0 Å². The molecule has 51 heavy (non-hydrogen) atoms. The van der Waals surface area contributed by atoms with Crippen LogP contribution in [-0.2, 0) is 21.4 Å². The molecule has 1 aromatic carbocycles. The summed E-state index contributed by atoms with van der Waals surface area (Å²) in [4.78, 5) is 27.2. The molecular formula is C44H58N2O5. The van der Waals surface area contributed by atoms with Crippen molar-refractivity contribution in [3.8, 4) is 0 Å². The van der Waals surface area contributed by atoms with Crippen LogP contribution in [0.5, 0.6) is 0 Å². The Bertz CT molecular complexity index is 1980. The Kier molecular flexibility index (Phi) is 7.42. The maximum Gasteiger partial charge on any atom is 0.222 e. The number of ketones is 1. The van der Waals surface area contributed by atoms with Gasteiger partial charge in [-0.1, -0.05) is 52.0 Å². The fourth-order valence-electron chi connectivity index (χ4n) is 13.0. The van der Waals surface area contributed by atoms with E-state index < -0.39 is 34.9 Å². The number of aliphatic hydroxyl groups excluding tert-OH is 2. The van der Waals surface area contributed by atoms with E-state index in [0.717, 1.165) is 58.9 Å². The molecule has 1 unspecified atom stereocenters. The summed E-state index contributed by atoms with van der Waals surface area (Å²) in [5.41, 5.74) is 5.97. The molecule has 0 radical (unpaired) electrons. The fraction of sp³-hybridized carbons (Fsp3) is 0.636. The minimum Gasteiger partial charge on any atom is -0.392 e.